The average molecular weight is 327 g/mol. The number of hydrogen-bond acceptors (Lipinski definition) is 4. The molecule has 2 aromatic carbocycles. The highest BCUT2D eigenvalue weighted by atomic mass is 32.1. The van der Waals surface area contributed by atoms with Crippen LogP contribution in [0, 0.1) is 0 Å². The summed E-state index contributed by atoms with van der Waals surface area (Å²) in [6, 6.07) is 14.3. The van der Waals surface area contributed by atoms with E-state index in [2.05, 4.69) is 23.2 Å². The number of carboxylic acid groups (broad SMARTS) is 1. The van der Waals surface area contributed by atoms with Gasteiger partial charge in [-0.3, -0.25) is 4.79 Å². The van der Waals surface area contributed by atoms with Crippen molar-refractivity contribution in [1.82, 2.24) is 4.98 Å². The Bertz CT molecular complexity index is 813. The van der Waals surface area contributed by atoms with Crippen molar-refractivity contribution in [3.05, 3.63) is 58.5 Å². The molecule has 3 rings (SSSR count). The van der Waals surface area contributed by atoms with Crippen LogP contribution < -0.4 is 4.74 Å². The van der Waals surface area contributed by atoms with Gasteiger partial charge >= 0.3 is 5.97 Å². The zero-order valence-corrected chi connectivity index (χ0v) is 13.4. The molecule has 1 N–H and O–H groups in total. The number of fused-ring (bicyclic) bond motifs is 1. The van der Waals surface area contributed by atoms with Gasteiger partial charge in [0.05, 0.1) is 23.7 Å². The van der Waals surface area contributed by atoms with E-state index in [1.54, 1.807) is 0 Å². The van der Waals surface area contributed by atoms with Gasteiger partial charge in [0.15, 0.2) is 0 Å². The lowest BCUT2D eigenvalue weighted by molar-refractivity contribution is -0.136. The van der Waals surface area contributed by atoms with Crippen LogP contribution in [0.3, 0.4) is 0 Å². The summed E-state index contributed by atoms with van der Waals surface area (Å²) in [5.41, 5.74) is 0.632. The Morgan fingerprint density at radius 2 is 2.00 bits per heavy atom. The molecule has 0 aliphatic carbocycles. The first-order valence-electron chi connectivity index (χ1n) is 7.47. The van der Waals surface area contributed by atoms with E-state index in [1.165, 1.54) is 22.1 Å². The van der Waals surface area contributed by atoms with E-state index < -0.39 is 5.97 Å². The van der Waals surface area contributed by atoms with Crippen molar-refractivity contribution in [3.8, 4) is 5.75 Å². The lowest BCUT2D eigenvalue weighted by Gasteiger charge is -2.06. The number of carboxylic acids is 1. The molecule has 23 heavy (non-hydrogen) atoms. The third kappa shape index (κ3) is 4.29. The highest BCUT2D eigenvalue weighted by Crippen LogP contribution is 2.21. The molecule has 0 spiro atoms. The van der Waals surface area contributed by atoms with E-state index in [-0.39, 0.29) is 6.42 Å². The maximum absolute atomic E-state index is 10.6. The second-order valence-electron chi connectivity index (χ2n) is 5.26. The Hall–Kier alpha value is -2.40. The second kappa shape index (κ2) is 7.24. The Balaban J connectivity index is 1.48. The molecule has 0 atom stereocenters. The van der Waals surface area contributed by atoms with Gasteiger partial charge in [-0.05, 0) is 29.3 Å². The summed E-state index contributed by atoms with van der Waals surface area (Å²) in [6.07, 6.45) is 1.65. The Labute approximate surface area is 138 Å². The van der Waals surface area contributed by atoms with Crippen molar-refractivity contribution in [2.45, 2.75) is 19.3 Å². The lowest BCUT2D eigenvalue weighted by atomic mass is 10.1. The van der Waals surface area contributed by atoms with Crippen LogP contribution in [0.4, 0.5) is 0 Å². The van der Waals surface area contributed by atoms with E-state index in [0.717, 1.165) is 23.6 Å². The molecule has 0 radical (unpaired) electrons. The molecule has 0 unspecified atom stereocenters. The molecule has 0 bridgehead atoms. The number of aliphatic carboxylic acids is 1. The maximum atomic E-state index is 10.6. The van der Waals surface area contributed by atoms with Crippen LogP contribution in [0.1, 0.15) is 17.1 Å². The van der Waals surface area contributed by atoms with Gasteiger partial charge in [0.25, 0.3) is 0 Å². The largest absolute Gasteiger partial charge is 0.494 e. The van der Waals surface area contributed by atoms with Gasteiger partial charge in [-0.2, -0.15) is 0 Å². The summed E-state index contributed by atoms with van der Waals surface area (Å²) in [6.45, 7) is 0.617. The van der Waals surface area contributed by atoms with E-state index in [0.29, 0.717) is 12.3 Å². The molecule has 0 aliphatic rings. The molecule has 1 heterocycles. The normalized spacial score (nSPS) is 10.8. The van der Waals surface area contributed by atoms with E-state index in [4.69, 9.17) is 9.84 Å². The summed E-state index contributed by atoms with van der Waals surface area (Å²) in [7, 11) is 0. The molecule has 0 fully saturated rings. The van der Waals surface area contributed by atoms with Crippen LogP contribution in [-0.4, -0.2) is 22.7 Å². The van der Waals surface area contributed by atoms with Crippen molar-refractivity contribution in [1.29, 1.82) is 0 Å². The van der Waals surface area contributed by atoms with Crippen LogP contribution in [0.2, 0.25) is 0 Å². The van der Waals surface area contributed by atoms with Crippen molar-refractivity contribution in [2.24, 2.45) is 0 Å². The molecule has 0 saturated carbocycles. The molecule has 5 heteroatoms. The van der Waals surface area contributed by atoms with Crippen LogP contribution >= 0.6 is 11.3 Å². The van der Waals surface area contributed by atoms with E-state index >= 15 is 0 Å². The summed E-state index contributed by atoms with van der Waals surface area (Å²) < 4.78 is 5.79. The summed E-state index contributed by atoms with van der Waals surface area (Å²) in [5, 5.41) is 13.9. The molecule has 0 aliphatic heterocycles. The fraction of sp³-hybridized carbons (Fsp3) is 0.222. The van der Waals surface area contributed by atoms with Gasteiger partial charge in [-0.15, -0.1) is 11.3 Å². The predicted octanol–water partition coefficient (Wildman–Crippen LogP) is 3.94. The number of rotatable bonds is 7. The van der Waals surface area contributed by atoms with Crippen molar-refractivity contribution < 1.29 is 14.6 Å². The van der Waals surface area contributed by atoms with E-state index in [1.807, 2.05) is 29.6 Å². The first-order valence-corrected chi connectivity index (χ1v) is 8.35. The molecule has 0 saturated heterocycles. The monoisotopic (exact) mass is 327 g/mol. The van der Waals surface area contributed by atoms with Crippen molar-refractivity contribution in [3.63, 3.8) is 0 Å². The first kappa shape index (κ1) is 15.5. The van der Waals surface area contributed by atoms with Gasteiger partial charge in [-0.1, -0.05) is 30.3 Å². The Morgan fingerprint density at radius 1 is 1.17 bits per heavy atom. The fourth-order valence-corrected chi connectivity index (χ4v) is 3.21. The van der Waals surface area contributed by atoms with Gasteiger partial charge < -0.3 is 9.84 Å². The minimum absolute atomic E-state index is 0.00983. The zero-order chi connectivity index (χ0) is 16.1. The number of hydrogen-bond donors (Lipinski definition) is 1. The van der Waals surface area contributed by atoms with Gasteiger partial charge in [0, 0.05) is 11.8 Å². The summed E-state index contributed by atoms with van der Waals surface area (Å²) in [5.74, 6) is 0.0240. The highest BCUT2D eigenvalue weighted by Gasteiger charge is 2.06. The predicted molar refractivity (Wildman–Crippen MR) is 91.2 cm³/mol. The highest BCUT2D eigenvalue weighted by molar-refractivity contribution is 7.09. The topological polar surface area (TPSA) is 59.4 Å². The maximum Gasteiger partial charge on any atom is 0.309 e. The first-order chi connectivity index (χ1) is 11.2. The number of aromatic nitrogens is 1. The van der Waals surface area contributed by atoms with Crippen LogP contribution in [0.5, 0.6) is 5.75 Å². The molecule has 4 nitrogen and oxygen atoms in total. The Kier molecular flexibility index (Phi) is 4.88. The molecule has 0 amide bonds. The molecule has 1 aromatic heterocycles. The van der Waals surface area contributed by atoms with Crippen molar-refractivity contribution >= 4 is 28.1 Å². The van der Waals surface area contributed by atoms with Gasteiger partial charge in [0.2, 0.25) is 0 Å². The SMILES string of the molecule is O=C(O)Cc1csc(CCCOc2ccc3ccccc3c2)n1. The smallest absolute Gasteiger partial charge is 0.309 e. The molecule has 3 aromatic rings. The second-order valence-corrected chi connectivity index (χ2v) is 6.21. The zero-order valence-electron chi connectivity index (χ0n) is 12.6. The summed E-state index contributed by atoms with van der Waals surface area (Å²) >= 11 is 1.51. The molecule has 118 valence electrons. The fourth-order valence-electron chi connectivity index (χ4n) is 2.37. The quantitative estimate of drug-likeness (QED) is 0.668. The number of nitrogens with zero attached hydrogens (tertiary/aromatic N) is 1. The van der Waals surface area contributed by atoms with E-state index in [9.17, 15) is 4.79 Å². The average Bonchev–Trinajstić information content (AvgIpc) is 2.98. The van der Waals surface area contributed by atoms with Crippen LogP contribution in [0.25, 0.3) is 10.8 Å². The Morgan fingerprint density at radius 3 is 2.83 bits per heavy atom. The molecular weight excluding hydrogens is 310 g/mol. The molecular formula is C18H17NO3S. The third-order valence-corrected chi connectivity index (χ3v) is 4.41. The third-order valence-electron chi connectivity index (χ3n) is 3.46. The van der Waals surface area contributed by atoms with Crippen LogP contribution in [0.15, 0.2) is 47.8 Å². The summed E-state index contributed by atoms with van der Waals surface area (Å²) in [4.78, 5) is 15.0. The minimum Gasteiger partial charge on any atom is -0.494 e. The van der Waals surface area contributed by atoms with Gasteiger partial charge in [0.1, 0.15) is 5.75 Å². The number of carbonyl (C=O) groups is 1. The number of ether oxygens (including phenoxy) is 1. The number of aryl methyl sites for hydroxylation is 1. The number of thiazole rings is 1. The lowest BCUT2D eigenvalue weighted by Crippen LogP contribution is -2.01. The van der Waals surface area contributed by atoms with Crippen LogP contribution in [-0.2, 0) is 17.6 Å². The van der Waals surface area contributed by atoms with Crippen molar-refractivity contribution in [2.75, 3.05) is 6.61 Å². The standard InChI is InChI=1S/C18H17NO3S/c20-18(21)11-15-12-23-17(19-15)6-3-9-22-16-8-7-13-4-1-2-5-14(13)10-16/h1-2,4-5,7-8,10,12H,3,6,9,11H2,(H,20,21). The minimum atomic E-state index is -0.846. The van der Waals surface area contributed by atoms with Gasteiger partial charge in [-0.25, -0.2) is 4.98 Å². The number of benzene rings is 2.